The van der Waals surface area contributed by atoms with Crippen LogP contribution in [0.3, 0.4) is 0 Å². The van der Waals surface area contributed by atoms with Gasteiger partial charge in [0.1, 0.15) is 5.82 Å². The molecule has 104 valence electrons. The highest BCUT2D eigenvalue weighted by Gasteiger charge is 2.06. The van der Waals surface area contributed by atoms with Crippen molar-refractivity contribution < 1.29 is 9.18 Å². The minimum atomic E-state index is -0.269. The van der Waals surface area contributed by atoms with Gasteiger partial charge in [0.2, 0.25) is 5.91 Å². The van der Waals surface area contributed by atoms with Crippen LogP contribution in [0.5, 0.6) is 0 Å². The van der Waals surface area contributed by atoms with Gasteiger partial charge in [0, 0.05) is 10.6 Å². The van der Waals surface area contributed by atoms with Crippen molar-refractivity contribution in [2.45, 2.75) is 18.7 Å². The van der Waals surface area contributed by atoms with Crippen molar-refractivity contribution in [3.05, 3.63) is 59.4 Å². The number of hydrogen-bond acceptors (Lipinski definition) is 2. The van der Waals surface area contributed by atoms with E-state index in [0.717, 1.165) is 21.7 Å². The molecule has 2 aromatic rings. The Morgan fingerprint density at radius 3 is 2.55 bits per heavy atom. The number of amides is 1. The molecule has 0 unspecified atom stereocenters. The average molecular weight is 289 g/mol. The summed E-state index contributed by atoms with van der Waals surface area (Å²) < 4.78 is 12.8. The predicted octanol–water partition coefficient (Wildman–Crippen LogP) is 4.17. The summed E-state index contributed by atoms with van der Waals surface area (Å²) in [5.74, 6) is -0.0267. The summed E-state index contributed by atoms with van der Waals surface area (Å²) in [5.41, 5.74) is 2.99. The van der Waals surface area contributed by atoms with Gasteiger partial charge >= 0.3 is 0 Å². The summed E-state index contributed by atoms with van der Waals surface area (Å²) in [4.78, 5) is 12.8. The highest BCUT2D eigenvalue weighted by molar-refractivity contribution is 8.00. The first kappa shape index (κ1) is 14.6. The van der Waals surface area contributed by atoms with Crippen LogP contribution in [-0.2, 0) is 4.79 Å². The number of benzene rings is 2. The van der Waals surface area contributed by atoms with Crippen molar-refractivity contribution in [1.82, 2.24) is 0 Å². The summed E-state index contributed by atoms with van der Waals surface area (Å²) in [6.07, 6.45) is 0. The van der Waals surface area contributed by atoms with E-state index < -0.39 is 0 Å². The summed E-state index contributed by atoms with van der Waals surface area (Å²) in [7, 11) is 0. The van der Waals surface area contributed by atoms with Crippen LogP contribution in [0, 0.1) is 19.7 Å². The zero-order valence-corrected chi connectivity index (χ0v) is 12.3. The zero-order valence-electron chi connectivity index (χ0n) is 11.4. The van der Waals surface area contributed by atoms with E-state index >= 15 is 0 Å². The van der Waals surface area contributed by atoms with Gasteiger partial charge in [-0.1, -0.05) is 12.1 Å². The fourth-order valence-electron chi connectivity index (χ4n) is 1.74. The number of aryl methyl sites for hydroxylation is 2. The number of carbonyl (C=O) groups excluding carboxylic acids is 1. The lowest BCUT2D eigenvalue weighted by Gasteiger charge is -2.09. The largest absolute Gasteiger partial charge is 0.325 e. The highest BCUT2D eigenvalue weighted by Crippen LogP contribution is 2.20. The molecule has 0 atom stereocenters. The Morgan fingerprint density at radius 1 is 1.15 bits per heavy atom. The minimum Gasteiger partial charge on any atom is -0.325 e. The molecule has 0 aromatic heterocycles. The fourth-order valence-corrected chi connectivity index (χ4v) is 2.43. The molecule has 4 heteroatoms. The van der Waals surface area contributed by atoms with Crippen LogP contribution >= 0.6 is 11.8 Å². The van der Waals surface area contributed by atoms with Gasteiger partial charge in [-0.25, -0.2) is 4.39 Å². The Morgan fingerprint density at radius 2 is 1.85 bits per heavy atom. The van der Waals surface area contributed by atoms with Crippen LogP contribution < -0.4 is 5.32 Å². The number of carbonyl (C=O) groups is 1. The van der Waals surface area contributed by atoms with E-state index in [1.54, 1.807) is 12.1 Å². The maximum absolute atomic E-state index is 12.8. The van der Waals surface area contributed by atoms with Gasteiger partial charge in [-0.05, 0) is 55.3 Å². The van der Waals surface area contributed by atoms with E-state index in [4.69, 9.17) is 0 Å². The lowest BCUT2D eigenvalue weighted by Crippen LogP contribution is -2.14. The first-order valence-corrected chi connectivity index (χ1v) is 7.28. The number of rotatable bonds is 4. The molecule has 0 saturated carbocycles. The van der Waals surface area contributed by atoms with Crippen molar-refractivity contribution in [1.29, 1.82) is 0 Å². The molecule has 2 rings (SSSR count). The number of anilines is 1. The van der Waals surface area contributed by atoms with Crippen LogP contribution in [0.4, 0.5) is 10.1 Å². The molecule has 2 aromatic carbocycles. The molecule has 0 saturated heterocycles. The third-order valence-electron chi connectivity index (χ3n) is 2.85. The van der Waals surface area contributed by atoms with Crippen molar-refractivity contribution in [2.75, 3.05) is 11.1 Å². The lowest BCUT2D eigenvalue weighted by molar-refractivity contribution is -0.113. The van der Waals surface area contributed by atoms with E-state index in [9.17, 15) is 9.18 Å². The smallest absolute Gasteiger partial charge is 0.234 e. The molecule has 1 N–H and O–H groups in total. The molecule has 2 nitrogen and oxygen atoms in total. The molecule has 0 fully saturated rings. The van der Waals surface area contributed by atoms with E-state index in [0.29, 0.717) is 5.75 Å². The van der Waals surface area contributed by atoms with Gasteiger partial charge in [0.05, 0.1) is 5.75 Å². The number of thioether (sulfide) groups is 1. The Labute approximate surface area is 122 Å². The van der Waals surface area contributed by atoms with Gasteiger partial charge in [-0.15, -0.1) is 11.8 Å². The third kappa shape index (κ3) is 4.10. The van der Waals surface area contributed by atoms with Gasteiger partial charge in [-0.2, -0.15) is 0 Å². The van der Waals surface area contributed by atoms with Crippen molar-refractivity contribution in [2.24, 2.45) is 0 Å². The van der Waals surface area contributed by atoms with Crippen molar-refractivity contribution in [3.63, 3.8) is 0 Å². The van der Waals surface area contributed by atoms with Crippen LogP contribution in [0.2, 0.25) is 0 Å². The normalized spacial score (nSPS) is 10.3. The Bertz CT molecular complexity index is 610. The molecule has 0 aliphatic carbocycles. The topological polar surface area (TPSA) is 29.1 Å². The van der Waals surface area contributed by atoms with Crippen molar-refractivity contribution in [3.8, 4) is 0 Å². The molecule has 0 spiro atoms. The molecule has 0 bridgehead atoms. The Hall–Kier alpha value is -1.81. The van der Waals surface area contributed by atoms with E-state index in [2.05, 4.69) is 5.32 Å². The van der Waals surface area contributed by atoms with Gasteiger partial charge < -0.3 is 5.32 Å². The highest BCUT2D eigenvalue weighted by atomic mass is 32.2. The predicted molar refractivity (Wildman–Crippen MR) is 81.7 cm³/mol. The second-order valence-corrected chi connectivity index (χ2v) is 5.66. The first-order valence-electron chi connectivity index (χ1n) is 6.30. The summed E-state index contributed by atoms with van der Waals surface area (Å²) in [5, 5.41) is 2.90. The maximum atomic E-state index is 12.8. The number of halogens is 1. The third-order valence-corrected chi connectivity index (χ3v) is 3.86. The summed E-state index contributed by atoms with van der Waals surface area (Å²) >= 11 is 1.39. The van der Waals surface area contributed by atoms with Crippen molar-refractivity contribution >= 4 is 23.4 Å². The minimum absolute atomic E-state index is 0.0620. The summed E-state index contributed by atoms with van der Waals surface area (Å²) in [6, 6.07) is 12.1. The fraction of sp³-hybridized carbons (Fsp3) is 0.188. The molecular formula is C16H16FNOS. The monoisotopic (exact) mass is 289 g/mol. The lowest BCUT2D eigenvalue weighted by atomic mass is 10.1. The number of nitrogens with one attached hydrogen (secondary N) is 1. The Kier molecular flexibility index (Phi) is 4.79. The molecule has 20 heavy (non-hydrogen) atoms. The SMILES string of the molecule is Cc1ccc(C)c(NC(=O)CSc2ccc(F)cc2)c1. The van der Waals surface area contributed by atoms with Crippen LogP contribution in [0.15, 0.2) is 47.4 Å². The maximum Gasteiger partial charge on any atom is 0.234 e. The van der Waals surface area contributed by atoms with Crippen LogP contribution in [-0.4, -0.2) is 11.7 Å². The zero-order chi connectivity index (χ0) is 14.5. The van der Waals surface area contributed by atoms with Gasteiger partial charge in [0.25, 0.3) is 0 Å². The van der Waals surface area contributed by atoms with E-state index in [1.807, 2.05) is 32.0 Å². The average Bonchev–Trinajstić information content (AvgIpc) is 2.42. The standard InChI is InChI=1S/C16H16FNOS/c1-11-3-4-12(2)15(9-11)18-16(19)10-20-14-7-5-13(17)6-8-14/h3-9H,10H2,1-2H3,(H,18,19). The first-order chi connectivity index (χ1) is 9.54. The second kappa shape index (κ2) is 6.57. The molecule has 0 aliphatic heterocycles. The second-order valence-electron chi connectivity index (χ2n) is 4.61. The molecular weight excluding hydrogens is 273 g/mol. The molecule has 0 aliphatic rings. The Balaban J connectivity index is 1.92. The van der Waals surface area contributed by atoms with Crippen LogP contribution in [0.25, 0.3) is 0 Å². The molecule has 0 radical (unpaired) electrons. The van der Waals surface area contributed by atoms with Crippen LogP contribution in [0.1, 0.15) is 11.1 Å². The summed E-state index contributed by atoms with van der Waals surface area (Å²) in [6.45, 7) is 3.95. The molecule has 0 heterocycles. The van der Waals surface area contributed by atoms with E-state index in [-0.39, 0.29) is 11.7 Å². The number of hydrogen-bond donors (Lipinski definition) is 1. The van der Waals surface area contributed by atoms with Gasteiger partial charge in [0.15, 0.2) is 0 Å². The van der Waals surface area contributed by atoms with Gasteiger partial charge in [-0.3, -0.25) is 4.79 Å². The van der Waals surface area contributed by atoms with E-state index in [1.165, 1.54) is 23.9 Å². The molecule has 1 amide bonds. The quantitative estimate of drug-likeness (QED) is 0.856.